The van der Waals surface area contributed by atoms with Crippen LogP contribution in [0.2, 0.25) is 10.0 Å². The van der Waals surface area contributed by atoms with Crippen LogP contribution in [-0.4, -0.2) is 20.9 Å². The largest absolute Gasteiger partial charge is 0.380 e. The van der Waals surface area contributed by atoms with E-state index in [1.165, 1.54) is 12.1 Å². The third-order valence-corrected chi connectivity index (χ3v) is 6.62. The SMILES string of the molecule is O=C(CCNS(=O)(=O)c1ccccc1Cl)Nc1ccc(NCc2ccccc2)c(Cl)c1. The highest BCUT2D eigenvalue weighted by Crippen LogP contribution is 2.26. The standard InChI is InChI=1S/C22H21Cl2N3O3S/c23-18-8-4-5-9-21(18)31(29,30)26-13-12-22(28)27-17-10-11-20(19(24)14-17)25-15-16-6-2-1-3-7-16/h1-11,14,25-26H,12-13,15H2,(H,27,28). The van der Waals surface area contributed by atoms with E-state index in [4.69, 9.17) is 23.2 Å². The Bertz CT molecular complexity index is 1160. The van der Waals surface area contributed by atoms with E-state index < -0.39 is 10.0 Å². The van der Waals surface area contributed by atoms with E-state index in [-0.39, 0.29) is 28.8 Å². The highest BCUT2D eigenvalue weighted by atomic mass is 35.5. The van der Waals surface area contributed by atoms with Crippen LogP contribution >= 0.6 is 23.2 Å². The highest BCUT2D eigenvalue weighted by Gasteiger charge is 2.17. The molecule has 0 aliphatic rings. The van der Waals surface area contributed by atoms with Crippen molar-refractivity contribution in [3.05, 3.63) is 88.4 Å². The molecule has 0 saturated heterocycles. The second-order valence-corrected chi connectivity index (χ2v) is 9.21. The van der Waals surface area contributed by atoms with Gasteiger partial charge in [-0.05, 0) is 35.9 Å². The average Bonchev–Trinajstić information content (AvgIpc) is 2.74. The number of rotatable bonds is 9. The van der Waals surface area contributed by atoms with Gasteiger partial charge in [-0.3, -0.25) is 4.79 Å². The molecule has 0 bridgehead atoms. The second kappa shape index (κ2) is 10.6. The monoisotopic (exact) mass is 477 g/mol. The number of carbonyl (C=O) groups is 1. The predicted molar refractivity (Wildman–Crippen MR) is 125 cm³/mol. The van der Waals surface area contributed by atoms with Crippen molar-refractivity contribution in [1.82, 2.24) is 4.72 Å². The maximum atomic E-state index is 12.3. The fraction of sp³-hybridized carbons (Fsp3) is 0.136. The summed E-state index contributed by atoms with van der Waals surface area (Å²) in [6.07, 6.45) is -0.0463. The van der Waals surface area contributed by atoms with Crippen LogP contribution in [0.4, 0.5) is 11.4 Å². The van der Waals surface area contributed by atoms with Crippen molar-refractivity contribution < 1.29 is 13.2 Å². The predicted octanol–water partition coefficient (Wildman–Crippen LogP) is 4.91. The van der Waals surface area contributed by atoms with Gasteiger partial charge in [0.15, 0.2) is 0 Å². The zero-order valence-corrected chi connectivity index (χ0v) is 18.8. The van der Waals surface area contributed by atoms with E-state index in [1.807, 2.05) is 30.3 Å². The van der Waals surface area contributed by atoms with Crippen LogP contribution in [0.15, 0.2) is 77.7 Å². The molecule has 3 aromatic rings. The molecule has 162 valence electrons. The summed E-state index contributed by atoms with van der Waals surface area (Å²) >= 11 is 12.2. The van der Waals surface area contributed by atoms with Crippen molar-refractivity contribution in [1.29, 1.82) is 0 Å². The van der Waals surface area contributed by atoms with E-state index in [2.05, 4.69) is 15.4 Å². The lowest BCUT2D eigenvalue weighted by Gasteiger charge is -2.11. The molecule has 0 radical (unpaired) electrons. The van der Waals surface area contributed by atoms with Crippen LogP contribution in [0.5, 0.6) is 0 Å². The molecular weight excluding hydrogens is 457 g/mol. The summed E-state index contributed by atoms with van der Waals surface area (Å²) in [5.74, 6) is -0.345. The second-order valence-electron chi connectivity index (χ2n) is 6.66. The lowest BCUT2D eigenvalue weighted by atomic mass is 10.2. The number of sulfonamides is 1. The molecule has 9 heteroatoms. The van der Waals surface area contributed by atoms with Gasteiger partial charge in [-0.15, -0.1) is 0 Å². The quantitative estimate of drug-likeness (QED) is 0.408. The molecule has 3 aromatic carbocycles. The number of hydrogen-bond acceptors (Lipinski definition) is 4. The zero-order valence-electron chi connectivity index (χ0n) is 16.4. The fourth-order valence-corrected chi connectivity index (χ4v) is 4.59. The Hall–Kier alpha value is -2.58. The summed E-state index contributed by atoms with van der Waals surface area (Å²) in [7, 11) is -3.79. The van der Waals surface area contributed by atoms with Gasteiger partial charge >= 0.3 is 0 Å². The summed E-state index contributed by atoms with van der Waals surface area (Å²) in [5.41, 5.74) is 2.39. The minimum absolute atomic E-state index is 0.0255. The summed E-state index contributed by atoms with van der Waals surface area (Å²) in [6, 6.07) is 21.2. The first kappa shape index (κ1) is 23.1. The van der Waals surface area contributed by atoms with Gasteiger partial charge in [-0.2, -0.15) is 0 Å². The molecule has 3 N–H and O–H groups in total. The average molecular weight is 478 g/mol. The fourth-order valence-electron chi connectivity index (χ4n) is 2.79. The Labute approximate surface area is 191 Å². The topological polar surface area (TPSA) is 87.3 Å². The van der Waals surface area contributed by atoms with E-state index >= 15 is 0 Å². The number of nitrogens with one attached hydrogen (secondary N) is 3. The molecule has 0 aromatic heterocycles. The van der Waals surface area contributed by atoms with Gasteiger partial charge in [0.1, 0.15) is 4.90 Å². The molecular formula is C22H21Cl2N3O3S. The third kappa shape index (κ3) is 6.70. The van der Waals surface area contributed by atoms with E-state index in [0.29, 0.717) is 17.3 Å². The van der Waals surface area contributed by atoms with E-state index in [1.54, 1.807) is 30.3 Å². The minimum atomic E-state index is -3.79. The Kier molecular flexibility index (Phi) is 7.92. The molecule has 0 fully saturated rings. The lowest BCUT2D eigenvalue weighted by Crippen LogP contribution is -2.28. The first-order chi connectivity index (χ1) is 14.8. The van der Waals surface area contributed by atoms with Crippen molar-refractivity contribution in [2.24, 2.45) is 0 Å². The van der Waals surface area contributed by atoms with Crippen LogP contribution in [0.1, 0.15) is 12.0 Å². The molecule has 0 heterocycles. The number of hydrogen-bond donors (Lipinski definition) is 3. The van der Waals surface area contributed by atoms with Gasteiger partial charge in [-0.25, -0.2) is 13.1 Å². The normalized spacial score (nSPS) is 11.2. The maximum absolute atomic E-state index is 12.3. The van der Waals surface area contributed by atoms with Crippen molar-refractivity contribution >= 4 is 50.5 Å². The Balaban J connectivity index is 1.50. The van der Waals surface area contributed by atoms with Crippen molar-refractivity contribution in [3.8, 4) is 0 Å². The third-order valence-electron chi connectivity index (χ3n) is 4.35. The molecule has 3 rings (SSSR count). The van der Waals surface area contributed by atoms with E-state index in [0.717, 1.165) is 11.3 Å². The lowest BCUT2D eigenvalue weighted by molar-refractivity contribution is -0.116. The number of halogens is 2. The molecule has 31 heavy (non-hydrogen) atoms. The van der Waals surface area contributed by atoms with Gasteiger partial charge in [-0.1, -0.05) is 65.7 Å². The first-order valence-electron chi connectivity index (χ1n) is 9.46. The van der Waals surface area contributed by atoms with E-state index in [9.17, 15) is 13.2 Å². The smallest absolute Gasteiger partial charge is 0.242 e. The minimum Gasteiger partial charge on any atom is -0.380 e. The Morgan fingerprint density at radius 2 is 1.58 bits per heavy atom. The van der Waals surface area contributed by atoms with Gasteiger partial charge in [0.05, 0.1) is 15.7 Å². The molecule has 0 saturated carbocycles. The molecule has 0 aliphatic carbocycles. The van der Waals surface area contributed by atoms with Gasteiger partial charge in [0.25, 0.3) is 0 Å². The summed E-state index contributed by atoms with van der Waals surface area (Å²) in [4.78, 5) is 12.2. The first-order valence-corrected chi connectivity index (χ1v) is 11.7. The molecule has 6 nitrogen and oxygen atoms in total. The molecule has 1 amide bonds. The molecule has 0 atom stereocenters. The molecule has 0 unspecified atom stereocenters. The van der Waals surface area contributed by atoms with Gasteiger partial charge < -0.3 is 10.6 Å². The number of benzene rings is 3. The van der Waals surface area contributed by atoms with Crippen LogP contribution in [0.25, 0.3) is 0 Å². The molecule has 0 spiro atoms. The van der Waals surface area contributed by atoms with Crippen LogP contribution in [0, 0.1) is 0 Å². The van der Waals surface area contributed by atoms with Crippen LogP contribution < -0.4 is 15.4 Å². The van der Waals surface area contributed by atoms with Gasteiger partial charge in [0, 0.05) is 25.2 Å². The molecule has 0 aliphatic heterocycles. The maximum Gasteiger partial charge on any atom is 0.242 e. The highest BCUT2D eigenvalue weighted by molar-refractivity contribution is 7.89. The van der Waals surface area contributed by atoms with Crippen molar-refractivity contribution in [2.75, 3.05) is 17.2 Å². The van der Waals surface area contributed by atoms with Crippen LogP contribution in [-0.2, 0) is 21.4 Å². The van der Waals surface area contributed by atoms with Crippen molar-refractivity contribution in [3.63, 3.8) is 0 Å². The summed E-state index contributed by atoms with van der Waals surface area (Å²) in [5, 5.41) is 6.54. The number of anilines is 2. The summed E-state index contributed by atoms with van der Waals surface area (Å²) < 4.78 is 27.0. The Morgan fingerprint density at radius 1 is 0.871 bits per heavy atom. The Morgan fingerprint density at radius 3 is 2.29 bits per heavy atom. The van der Waals surface area contributed by atoms with Gasteiger partial charge in [0.2, 0.25) is 15.9 Å². The zero-order chi connectivity index (χ0) is 22.3. The van der Waals surface area contributed by atoms with Crippen LogP contribution in [0.3, 0.4) is 0 Å². The van der Waals surface area contributed by atoms with Crippen molar-refractivity contribution in [2.45, 2.75) is 17.9 Å². The summed E-state index contributed by atoms with van der Waals surface area (Å²) in [6.45, 7) is 0.557. The number of amides is 1. The number of carbonyl (C=O) groups excluding carboxylic acids is 1.